The number of sulfonamides is 1. The molecule has 37 heavy (non-hydrogen) atoms. The van der Waals surface area contributed by atoms with E-state index in [1.54, 1.807) is 23.5 Å². The monoisotopic (exact) mass is 552 g/mol. The Bertz CT molecular complexity index is 1660. The highest BCUT2D eigenvalue weighted by Gasteiger charge is 2.18. The molecule has 12 heteroatoms. The summed E-state index contributed by atoms with van der Waals surface area (Å²) < 4.78 is 33.4. The van der Waals surface area contributed by atoms with Crippen LogP contribution in [0.2, 0.25) is 5.15 Å². The fourth-order valence-corrected chi connectivity index (χ4v) is 5.90. The predicted octanol–water partition coefficient (Wildman–Crippen LogP) is 6.05. The number of aromatic nitrogens is 4. The lowest BCUT2D eigenvalue weighted by atomic mass is 10.0. The minimum absolute atomic E-state index is 0.0732. The first kappa shape index (κ1) is 24.9. The van der Waals surface area contributed by atoms with Gasteiger partial charge < -0.3 is 10.1 Å². The van der Waals surface area contributed by atoms with Crippen molar-refractivity contribution in [2.75, 3.05) is 16.6 Å². The van der Waals surface area contributed by atoms with Gasteiger partial charge in [-0.05, 0) is 67.9 Å². The predicted molar refractivity (Wildman–Crippen MR) is 146 cm³/mol. The zero-order chi connectivity index (χ0) is 26.0. The van der Waals surface area contributed by atoms with Crippen molar-refractivity contribution in [3.63, 3.8) is 0 Å². The van der Waals surface area contributed by atoms with E-state index >= 15 is 0 Å². The van der Waals surface area contributed by atoms with Crippen molar-refractivity contribution in [2.24, 2.45) is 0 Å². The van der Waals surface area contributed by atoms with Crippen LogP contribution < -0.4 is 14.8 Å². The molecule has 0 aliphatic heterocycles. The lowest BCUT2D eigenvalue weighted by Gasteiger charge is -2.11. The molecule has 0 saturated carbocycles. The summed E-state index contributed by atoms with van der Waals surface area (Å²) in [6.07, 6.45) is 1.51. The van der Waals surface area contributed by atoms with Crippen LogP contribution in [-0.2, 0) is 10.0 Å². The van der Waals surface area contributed by atoms with Crippen LogP contribution in [0.1, 0.15) is 11.8 Å². The molecular weight excluding hydrogens is 532 g/mol. The van der Waals surface area contributed by atoms with Crippen LogP contribution >= 0.6 is 22.9 Å². The molecule has 0 radical (unpaired) electrons. The van der Waals surface area contributed by atoms with Crippen LogP contribution in [0, 0.1) is 6.92 Å². The molecule has 0 saturated heterocycles. The number of rotatable bonds is 8. The second-order valence-corrected chi connectivity index (χ2v) is 11.2. The molecule has 5 rings (SSSR count). The fraction of sp³-hybridized carbons (Fsp3) is 0.120. The molecule has 0 aliphatic carbocycles. The molecule has 3 aromatic heterocycles. The van der Waals surface area contributed by atoms with Crippen LogP contribution in [-0.4, -0.2) is 35.2 Å². The van der Waals surface area contributed by atoms with Gasteiger partial charge in [-0.25, -0.2) is 18.4 Å². The van der Waals surface area contributed by atoms with E-state index in [1.807, 2.05) is 31.2 Å². The van der Waals surface area contributed by atoms with Gasteiger partial charge in [-0.2, -0.15) is 0 Å². The normalized spacial score (nSPS) is 11.4. The molecule has 0 spiro atoms. The number of hydrogen-bond donors (Lipinski definition) is 2. The number of nitrogens with zero attached hydrogens (tertiary/aromatic N) is 4. The van der Waals surface area contributed by atoms with Gasteiger partial charge in [0.05, 0.1) is 16.9 Å². The third-order valence-electron chi connectivity index (χ3n) is 5.42. The number of fused-ring (bicyclic) bond motifs is 1. The first-order valence-electron chi connectivity index (χ1n) is 11.2. The molecule has 5 aromatic rings. The molecule has 0 unspecified atom stereocenters. The van der Waals surface area contributed by atoms with Crippen molar-refractivity contribution in [2.45, 2.75) is 18.7 Å². The van der Waals surface area contributed by atoms with E-state index in [0.717, 1.165) is 32.0 Å². The van der Waals surface area contributed by atoms with Gasteiger partial charge in [0.15, 0.2) is 11.0 Å². The topological polar surface area (TPSA) is 119 Å². The molecule has 0 fully saturated rings. The number of benzene rings is 2. The molecule has 188 valence electrons. The third kappa shape index (κ3) is 5.33. The number of ether oxygens (including phenoxy) is 1. The minimum Gasteiger partial charge on any atom is -0.494 e. The van der Waals surface area contributed by atoms with Crippen molar-refractivity contribution >= 4 is 60.5 Å². The average molecular weight is 553 g/mol. The molecule has 9 nitrogen and oxygen atoms in total. The van der Waals surface area contributed by atoms with Crippen LogP contribution in [0.25, 0.3) is 21.3 Å². The highest BCUT2D eigenvalue weighted by Crippen LogP contribution is 2.41. The van der Waals surface area contributed by atoms with Crippen molar-refractivity contribution in [3.05, 3.63) is 77.0 Å². The summed E-state index contributed by atoms with van der Waals surface area (Å²) in [6.45, 7) is 4.61. The van der Waals surface area contributed by atoms with Gasteiger partial charge >= 0.3 is 0 Å². The Kier molecular flexibility index (Phi) is 6.92. The molecular formula is C25H21ClN6O3S2. The summed E-state index contributed by atoms with van der Waals surface area (Å²) in [4.78, 5) is 11.0. The van der Waals surface area contributed by atoms with Crippen LogP contribution in [0.5, 0.6) is 5.75 Å². The molecule has 0 bridgehead atoms. The van der Waals surface area contributed by atoms with E-state index in [2.05, 4.69) is 37.1 Å². The lowest BCUT2D eigenvalue weighted by molar-refractivity contribution is 0.340. The van der Waals surface area contributed by atoms with Gasteiger partial charge in [-0.1, -0.05) is 23.7 Å². The molecule has 0 aliphatic rings. The van der Waals surface area contributed by atoms with Gasteiger partial charge in [-0.15, -0.1) is 21.5 Å². The number of anilines is 3. The van der Waals surface area contributed by atoms with Gasteiger partial charge in [0.1, 0.15) is 22.7 Å². The minimum atomic E-state index is -3.86. The van der Waals surface area contributed by atoms with Crippen molar-refractivity contribution < 1.29 is 13.2 Å². The van der Waals surface area contributed by atoms with Crippen LogP contribution in [0.3, 0.4) is 0 Å². The number of aryl methyl sites for hydroxylation is 1. The zero-order valence-electron chi connectivity index (χ0n) is 19.8. The molecule has 0 amide bonds. The number of halogens is 1. The fourth-order valence-electron chi connectivity index (χ4n) is 3.79. The zero-order valence-corrected chi connectivity index (χ0v) is 22.2. The van der Waals surface area contributed by atoms with Gasteiger partial charge in [0, 0.05) is 16.1 Å². The summed E-state index contributed by atoms with van der Waals surface area (Å²) in [6, 6.07) is 17.2. The Hall–Kier alpha value is -3.80. The molecule has 0 atom stereocenters. The van der Waals surface area contributed by atoms with E-state index < -0.39 is 10.0 Å². The summed E-state index contributed by atoms with van der Waals surface area (Å²) in [5.74, 6) is 1.51. The quantitative estimate of drug-likeness (QED) is 0.239. The van der Waals surface area contributed by atoms with E-state index in [-0.39, 0.29) is 15.9 Å². The van der Waals surface area contributed by atoms with Crippen LogP contribution in [0.15, 0.2) is 71.9 Å². The summed E-state index contributed by atoms with van der Waals surface area (Å²) in [5.41, 5.74) is 2.74. The van der Waals surface area contributed by atoms with Crippen molar-refractivity contribution in [3.8, 4) is 16.9 Å². The highest BCUT2D eigenvalue weighted by atomic mass is 35.5. The third-order valence-corrected chi connectivity index (χ3v) is 8.00. The molecule has 2 N–H and O–H groups in total. The Morgan fingerprint density at radius 3 is 2.41 bits per heavy atom. The van der Waals surface area contributed by atoms with E-state index in [9.17, 15) is 8.42 Å². The molecule has 3 heterocycles. The number of thiophene rings is 1. The maximum absolute atomic E-state index is 12.7. The SMILES string of the molecule is CCOc1ccc(-c2c(C)sc3ncnc(Nc4ccc(S(=O)(=O)Nc5ccc(Cl)nn5)cc4)c23)cc1. The first-order chi connectivity index (χ1) is 17.8. The Labute approximate surface area is 222 Å². The van der Waals surface area contributed by atoms with E-state index in [4.69, 9.17) is 16.3 Å². The van der Waals surface area contributed by atoms with Gasteiger partial charge in [0.25, 0.3) is 10.0 Å². The second-order valence-electron chi connectivity index (χ2n) is 7.89. The maximum Gasteiger partial charge on any atom is 0.263 e. The highest BCUT2D eigenvalue weighted by molar-refractivity contribution is 7.92. The van der Waals surface area contributed by atoms with Gasteiger partial charge in [-0.3, -0.25) is 4.72 Å². The Balaban J connectivity index is 1.43. The van der Waals surface area contributed by atoms with Gasteiger partial charge in [0.2, 0.25) is 0 Å². The average Bonchev–Trinajstić information content (AvgIpc) is 3.23. The standard InChI is InChI=1S/C25H21ClN6O3S2/c1-3-35-18-8-4-16(5-9-18)22-15(2)36-25-23(22)24(27-14-28-25)29-17-6-10-19(11-7-17)37(33,34)32-21-13-12-20(26)30-31-21/h4-14H,3H2,1-2H3,(H,31,32)(H,27,28,29). The largest absolute Gasteiger partial charge is 0.494 e. The van der Waals surface area contributed by atoms with Crippen LogP contribution in [0.4, 0.5) is 17.3 Å². The Morgan fingerprint density at radius 1 is 0.973 bits per heavy atom. The van der Waals surface area contributed by atoms with Crippen molar-refractivity contribution in [1.82, 2.24) is 20.2 Å². The second kappa shape index (κ2) is 10.3. The smallest absolute Gasteiger partial charge is 0.263 e. The summed E-state index contributed by atoms with van der Waals surface area (Å²) in [7, 11) is -3.86. The summed E-state index contributed by atoms with van der Waals surface area (Å²) >= 11 is 7.30. The number of hydrogen-bond acceptors (Lipinski definition) is 9. The maximum atomic E-state index is 12.7. The van der Waals surface area contributed by atoms with Crippen molar-refractivity contribution in [1.29, 1.82) is 0 Å². The lowest BCUT2D eigenvalue weighted by Crippen LogP contribution is -2.14. The Morgan fingerprint density at radius 2 is 1.73 bits per heavy atom. The summed E-state index contributed by atoms with van der Waals surface area (Å²) in [5, 5.41) is 11.8. The first-order valence-corrected chi connectivity index (χ1v) is 13.9. The number of nitrogens with one attached hydrogen (secondary N) is 2. The van der Waals surface area contributed by atoms with E-state index in [1.165, 1.54) is 30.6 Å². The molecule has 2 aromatic carbocycles. The van der Waals surface area contributed by atoms with E-state index in [0.29, 0.717) is 18.1 Å².